The van der Waals surface area contributed by atoms with E-state index >= 15 is 0 Å². The van der Waals surface area contributed by atoms with Crippen LogP contribution in [0.15, 0.2) is 42.0 Å². The highest BCUT2D eigenvalue weighted by molar-refractivity contribution is 6.03. The molecule has 0 bridgehead atoms. The van der Waals surface area contributed by atoms with E-state index in [0.29, 0.717) is 18.5 Å². The highest BCUT2D eigenvalue weighted by atomic mass is 19.2. The van der Waals surface area contributed by atoms with Crippen molar-refractivity contribution in [2.75, 3.05) is 18.9 Å². The van der Waals surface area contributed by atoms with Crippen LogP contribution in [0.25, 0.3) is 6.08 Å². The van der Waals surface area contributed by atoms with Crippen molar-refractivity contribution < 1.29 is 18.0 Å². The number of carbonyl (C=O) groups excluding carboxylic acids is 1. The van der Waals surface area contributed by atoms with E-state index < -0.39 is 29.7 Å². The number of carbonyl (C=O) groups is 1. The van der Waals surface area contributed by atoms with Gasteiger partial charge in [-0.05, 0) is 31.7 Å². The van der Waals surface area contributed by atoms with Gasteiger partial charge < -0.3 is 5.32 Å². The smallest absolute Gasteiger partial charge is 0.256 e. The van der Waals surface area contributed by atoms with E-state index in [4.69, 9.17) is 0 Å². The van der Waals surface area contributed by atoms with Crippen LogP contribution in [0.2, 0.25) is 0 Å². The highest BCUT2D eigenvalue weighted by Crippen LogP contribution is 2.25. The molecule has 1 aromatic carbocycles. The summed E-state index contributed by atoms with van der Waals surface area (Å²) in [4.78, 5) is 17.7. The van der Waals surface area contributed by atoms with E-state index in [1.165, 1.54) is 0 Å². The van der Waals surface area contributed by atoms with E-state index in [1.807, 2.05) is 0 Å². The maximum Gasteiger partial charge on any atom is 0.256 e. The third kappa shape index (κ3) is 4.11. The summed E-state index contributed by atoms with van der Waals surface area (Å²) in [6.45, 7) is 0.536. The van der Waals surface area contributed by atoms with Crippen LogP contribution in [0.4, 0.5) is 19.0 Å². The topological polar surface area (TPSA) is 45.2 Å². The number of aromatic nitrogens is 1. The number of alkyl halides is 1. The maximum atomic E-state index is 14.0. The van der Waals surface area contributed by atoms with Crippen LogP contribution in [0.3, 0.4) is 0 Å². The third-order valence-electron chi connectivity index (χ3n) is 4.25. The van der Waals surface area contributed by atoms with Crippen molar-refractivity contribution in [3.8, 4) is 0 Å². The zero-order valence-corrected chi connectivity index (χ0v) is 14.2. The molecule has 1 amide bonds. The molecule has 7 heteroatoms. The number of nitrogens with one attached hydrogen (secondary N) is 1. The summed E-state index contributed by atoms with van der Waals surface area (Å²) in [7, 11) is 1.69. The Morgan fingerprint density at radius 1 is 1.31 bits per heavy atom. The first-order valence-corrected chi connectivity index (χ1v) is 8.20. The molecule has 0 radical (unpaired) electrons. The molecule has 1 aromatic heterocycles. The maximum absolute atomic E-state index is 14.0. The fourth-order valence-corrected chi connectivity index (χ4v) is 2.72. The number of likely N-dealkylation sites (tertiary alicyclic amines) is 1. The number of piperidine rings is 1. The molecule has 1 aliphatic heterocycles. The van der Waals surface area contributed by atoms with Gasteiger partial charge in [-0.1, -0.05) is 23.8 Å². The van der Waals surface area contributed by atoms with Crippen LogP contribution < -0.4 is 5.32 Å². The molecule has 1 aliphatic rings. The number of benzene rings is 1. The van der Waals surface area contributed by atoms with Crippen molar-refractivity contribution in [1.29, 1.82) is 0 Å². The predicted molar refractivity (Wildman–Crippen MR) is 93.3 cm³/mol. The molecule has 0 spiro atoms. The summed E-state index contributed by atoms with van der Waals surface area (Å²) < 4.78 is 41.7. The predicted octanol–water partition coefficient (Wildman–Crippen LogP) is 4.02. The summed E-state index contributed by atoms with van der Waals surface area (Å²) in [6.07, 6.45) is 1.23. The van der Waals surface area contributed by atoms with Crippen molar-refractivity contribution in [2.45, 2.75) is 19.1 Å². The lowest BCUT2D eigenvalue weighted by molar-refractivity contribution is 0.0930. The minimum atomic E-state index is -1.23. The second-order valence-electron chi connectivity index (χ2n) is 6.18. The van der Waals surface area contributed by atoms with Gasteiger partial charge in [0.05, 0.1) is 5.69 Å². The van der Waals surface area contributed by atoms with E-state index in [9.17, 15) is 18.0 Å². The number of pyridine rings is 1. The zero-order valence-electron chi connectivity index (χ0n) is 14.2. The second kappa shape index (κ2) is 7.70. The Bertz CT molecular complexity index is 839. The average molecular weight is 361 g/mol. The minimum absolute atomic E-state index is 0.138. The fraction of sp³-hybridized carbons (Fsp3) is 0.263. The standard InChI is InChI=1S/C19H18F3N3O/c1-25-8-7-12(10-16(25)21)9-14-11-15(20)17(22)18(23-14)24-19(26)13-5-3-2-4-6-13/h2-6,9,11,16H,7-8,10H2,1H3,(H,23,24,26)/b12-9+. The van der Waals surface area contributed by atoms with Gasteiger partial charge in [0.1, 0.15) is 0 Å². The Kier molecular flexibility index (Phi) is 5.37. The Morgan fingerprint density at radius 2 is 2.04 bits per heavy atom. The molecule has 1 atom stereocenters. The van der Waals surface area contributed by atoms with E-state index in [0.717, 1.165) is 11.6 Å². The molecule has 136 valence electrons. The summed E-state index contributed by atoms with van der Waals surface area (Å²) in [5, 5.41) is 2.28. The van der Waals surface area contributed by atoms with Crippen molar-refractivity contribution in [2.24, 2.45) is 0 Å². The summed E-state index contributed by atoms with van der Waals surface area (Å²) >= 11 is 0. The number of amides is 1. The average Bonchev–Trinajstić information content (AvgIpc) is 2.63. The highest BCUT2D eigenvalue weighted by Gasteiger charge is 2.22. The minimum Gasteiger partial charge on any atom is -0.304 e. The van der Waals surface area contributed by atoms with E-state index in [-0.39, 0.29) is 12.1 Å². The summed E-state index contributed by atoms with van der Waals surface area (Å²) in [6, 6.07) is 9.10. The Hall–Kier alpha value is -2.67. The lowest BCUT2D eigenvalue weighted by Crippen LogP contribution is -2.33. The molecule has 0 saturated carbocycles. The van der Waals surface area contributed by atoms with Crippen LogP contribution in [0.5, 0.6) is 0 Å². The number of hydrogen-bond donors (Lipinski definition) is 1. The van der Waals surface area contributed by atoms with Gasteiger partial charge in [0.2, 0.25) is 5.82 Å². The van der Waals surface area contributed by atoms with Crippen molar-refractivity contribution in [3.63, 3.8) is 0 Å². The molecular formula is C19H18F3N3O. The van der Waals surface area contributed by atoms with Gasteiger partial charge in [-0.25, -0.2) is 13.8 Å². The SMILES string of the molecule is CN1CC/C(=C\c2cc(F)c(F)c(NC(=O)c3ccccc3)n2)CC1F. The quantitative estimate of drug-likeness (QED) is 0.840. The number of nitrogens with zero attached hydrogens (tertiary/aromatic N) is 2. The molecule has 4 nitrogen and oxygen atoms in total. The first-order valence-electron chi connectivity index (χ1n) is 8.20. The van der Waals surface area contributed by atoms with Crippen molar-refractivity contribution in [1.82, 2.24) is 9.88 Å². The van der Waals surface area contributed by atoms with Crippen molar-refractivity contribution in [3.05, 3.63) is 64.9 Å². The molecule has 0 aliphatic carbocycles. The van der Waals surface area contributed by atoms with E-state index in [2.05, 4.69) is 10.3 Å². The van der Waals surface area contributed by atoms with Crippen LogP contribution in [0, 0.1) is 11.6 Å². The molecule has 2 aromatic rings. The molecule has 26 heavy (non-hydrogen) atoms. The molecule has 1 saturated heterocycles. The Balaban J connectivity index is 1.84. The number of anilines is 1. The van der Waals surface area contributed by atoms with Gasteiger partial charge in [0.25, 0.3) is 5.91 Å². The lowest BCUT2D eigenvalue weighted by atomic mass is 10.0. The largest absolute Gasteiger partial charge is 0.304 e. The zero-order chi connectivity index (χ0) is 18.7. The van der Waals surface area contributed by atoms with Gasteiger partial charge in [-0.2, -0.15) is 4.39 Å². The molecule has 1 unspecified atom stereocenters. The normalized spacial score (nSPS) is 19.5. The van der Waals surface area contributed by atoms with E-state index in [1.54, 1.807) is 48.4 Å². The molecular weight excluding hydrogens is 343 g/mol. The van der Waals surface area contributed by atoms with Gasteiger partial charge in [-0.3, -0.25) is 9.69 Å². The van der Waals surface area contributed by atoms with Crippen LogP contribution in [0.1, 0.15) is 28.9 Å². The van der Waals surface area contributed by atoms with Crippen molar-refractivity contribution >= 4 is 17.8 Å². The molecule has 3 rings (SSSR count). The molecule has 1 fully saturated rings. The Morgan fingerprint density at radius 3 is 2.73 bits per heavy atom. The van der Waals surface area contributed by atoms with Gasteiger partial charge >= 0.3 is 0 Å². The van der Waals surface area contributed by atoms with Crippen LogP contribution in [-0.4, -0.2) is 35.7 Å². The van der Waals surface area contributed by atoms with Gasteiger partial charge in [-0.15, -0.1) is 0 Å². The van der Waals surface area contributed by atoms with Crippen LogP contribution in [-0.2, 0) is 0 Å². The molecule has 2 heterocycles. The lowest BCUT2D eigenvalue weighted by Gasteiger charge is -2.28. The monoisotopic (exact) mass is 361 g/mol. The first-order chi connectivity index (χ1) is 12.4. The van der Waals surface area contributed by atoms with Gasteiger partial charge in [0, 0.05) is 24.6 Å². The number of rotatable bonds is 3. The fourth-order valence-electron chi connectivity index (χ4n) is 2.72. The summed E-state index contributed by atoms with van der Waals surface area (Å²) in [5.74, 6) is -3.44. The molecule has 1 N–H and O–H groups in total. The third-order valence-corrected chi connectivity index (χ3v) is 4.25. The van der Waals surface area contributed by atoms with Gasteiger partial charge in [0.15, 0.2) is 17.9 Å². The van der Waals surface area contributed by atoms with Crippen LogP contribution >= 0.6 is 0 Å². The number of halogens is 3. The second-order valence-corrected chi connectivity index (χ2v) is 6.18. The first kappa shape index (κ1) is 18.1. The Labute approximate surface area is 149 Å². The number of hydrogen-bond acceptors (Lipinski definition) is 3. The summed E-state index contributed by atoms with van der Waals surface area (Å²) in [5.41, 5.74) is 1.20.